The van der Waals surface area contributed by atoms with Gasteiger partial charge < -0.3 is 15.2 Å². The number of nitrogens with zero attached hydrogens (tertiary/aromatic N) is 3. The number of fused-ring (bicyclic) bond motifs is 1. The van der Waals surface area contributed by atoms with E-state index >= 15 is 0 Å². The molecule has 4 rings (SSSR count). The first-order chi connectivity index (χ1) is 10.6. The lowest BCUT2D eigenvalue weighted by Gasteiger charge is -2.34. The van der Waals surface area contributed by atoms with Crippen LogP contribution >= 0.6 is 0 Å². The molecule has 6 heteroatoms. The van der Waals surface area contributed by atoms with Crippen molar-refractivity contribution in [2.75, 3.05) is 11.4 Å². The summed E-state index contributed by atoms with van der Waals surface area (Å²) in [7, 11) is 0. The Morgan fingerprint density at radius 2 is 2.23 bits per heavy atom. The van der Waals surface area contributed by atoms with E-state index in [1.165, 1.54) is 0 Å². The number of benzene rings is 1. The van der Waals surface area contributed by atoms with Crippen molar-refractivity contribution in [3.8, 4) is 11.5 Å². The molecule has 0 bridgehead atoms. The summed E-state index contributed by atoms with van der Waals surface area (Å²) in [6, 6.07) is 5.89. The van der Waals surface area contributed by atoms with E-state index in [-0.39, 0.29) is 5.91 Å². The third-order valence-electron chi connectivity index (χ3n) is 4.72. The van der Waals surface area contributed by atoms with E-state index in [9.17, 15) is 4.79 Å². The lowest BCUT2D eigenvalue weighted by Crippen LogP contribution is -2.44. The average Bonchev–Trinajstić information content (AvgIpc) is 3.10. The first kappa shape index (κ1) is 13.5. The molecule has 1 aromatic heterocycles. The summed E-state index contributed by atoms with van der Waals surface area (Å²) >= 11 is 0. The molecule has 2 heterocycles. The molecule has 0 atom stereocenters. The number of amides is 1. The van der Waals surface area contributed by atoms with Gasteiger partial charge in [0, 0.05) is 24.7 Å². The van der Waals surface area contributed by atoms with Gasteiger partial charge in [0.15, 0.2) is 5.82 Å². The Morgan fingerprint density at radius 1 is 1.41 bits per heavy atom. The lowest BCUT2D eigenvalue weighted by atomic mass is 9.77. The van der Waals surface area contributed by atoms with Gasteiger partial charge in [0.25, 0.3) is 5.89 Å². The maximum absolute atomic E-state index is 11.6. The van der Waals surface area contributed by atoms with Crippen molar-refractivity contribution in [3.63, 3.8) is 0 Å². The molecule has 2 aliphatic rings. The number of hydrogen-bond acceptors (Lipinski definition) is 5. The van der Waals surface area contributed by atoms with Crippen molar-refractivity contribution in [3.05, 3.63) is 29.6 Å². The van der Waals surface area contributed by atoms with Crippen LogP contribution in [-0.4, -0.2) is 22.6 Å². The van der Waals surface area contributed by atoms with Crippen molar-refractivity contribution in [2.24, 2.45) is 5.73 Å². The maximum Gasteiger partial charge on any atom is 0.258 e. The first-order valence-corrected chi connectivity index (χ1v) is 7.61. The number of anilines is 1. The van der Waals surface area contributed by atoms with Crippen LogP contribution in [0.3, 0.4) is 0 Å². The molecular formula is C16H18N4O2. The van der Waals surface area contributed by atoms with Gasteiger partial charge in [-0.2, -0.15) is 4.98 Å². The van der Waals surface area contributed by atoms with Gasteiger partial charge in [0.2, 0.25) is 5.91 Å². The molecular weight excluding hydrogens is 280 g/mol. The monoisotopic (exact) mass is 298 g/mol. The Balaban J connectivity index is 1.66. The summed E-state index contributed by atoms with van der Waals surface area (Å²) in [6.07, 6.45) is 3.78. The molecule has 1 aliphatic carbocycles. The predicted molar refractivity (Wildman–Crippen MR) is 81.2 cm³/mol. The molecule has 1 saturated carbocycles. The van der Waals surface area contributed by atoms with Crippen LogP contribution in [0, 0.1) is 0 Å². The van der Waals surface area contributed by atoms with Crippen LogP contribution in [0.2, 0.25) is 0 Å². The fourth-order valence-electron chi connectivity index (χ4n) is 3.19. The second kappa shape index (κ2) is 4.64. The molecule has 0 saturated heterocycles. The van der Waals surface area contributed by atoms with Crippen LogP contribution in [-0.2, 0) is 16.8 Å². The fourth-order valence-corrected chi connectivity index (χ4v) is 3.19. The quantitative estimate of drug-likeness (QED) is 0.916. The molecule has 1 aliphatic heterocycles. The Hall–Kier alpha value is -2.21. The summed E-state index contributed by atoms with van der Waals surface area (Å²) in [5, 5.41) is 4.05. The molecule has 0 radical (unpaired) electrons. The van der Waals surface area contributed by atoms with E-state index in [4.69, 9.17) is 10.3 Å². The smallest absolute Gasteiger partial charge is 0.258 e. The topological polar surface area (TPSA) is 85.2 Å². The molecule has 1 fully saturated rings. The van der Waals surface area contributed by atoms with Gasteiger partial charge in [0.1, 0.15) is 0 Å². The standard InChI is InChI=1S/C16H18N4O2/c1-10(21)20-8-5-11-9-12(3-4-13(11)20)14-18-15(19-22-14)16(17)6-2-7-16/h3-4,9H,2,5-8,17H2,1H3. The van der Waals surface area contributed by atoms with Crippen LogP contribution in [0.1, 0.15) is 37.6 Å². The molecule has 0 spiro atoms. The van der Waals surface area contributed by atoms with E-state index < -0.39 is 5.54 Å². The largest absolute Gasteiger partial charge is 0.334 e. The highest BCUT2D eigenvalue weighted by Crippen LogP contribution is 2.38. The van der Waals surface area contributed by atoms with E-state index in [0.717, 1.165) is 49.0 Å². The van der Waals surface area contributed by atoms with Crippen molar-refractivity contribution < 1.29 is 9.32 Å². The number of hydrogen-bond donors (Lipinski definition) is 1. The molecule has 6 nitrogen and oxygen atoms in total. The Bertz CT molecular complexity index is 748. The third kappa shape index (κ3) is 1.94. The minimum atomic E-state index is -0.413. The minimum Gasteiger partial charge on any atom is -0.334 e. The van der Waals surface area contributed by atoms with Crippen molar-refractivity contribution in [2.45, 2.75) is 38.1 Å². The third-order valence-corrected chi connectivity index (χ3v) is 4.72. The highest BCUT2D eigenvalue weighted by molar-refractivity contribution is 5.94. The lowest BCUT2D eigenvalue weighted by molar-refractivity contribution is -0.116. The molecule has 114 valence electrons. The summed E-state index contributed by atoms with van der Waals surface area (Å²) in [5.74, 6) is 1.16. The van der Waals surface area contributed by atoms with Gasteiger partial charge in [-0.05, 0) is 49.4 Å². The SMILES string of the molecule is CC(=O)N1CCc2cc(-c3nc(C4(N)CCC4)no3)ccc21. The average molecular weight is 298 g/mol. The predicted octanol–water partition coefficient (Wildman–Crippen LogP) is 1.98. The number of rotatable bonds is 2. The Labute approximate surface area is 128 Å². The molecule has 1 aromatic carbocycles. The fraction of sp³-hybridized carbons (Fsp3) is 0.438. The zero-order chi connectivity index (χ0) is 15.3. The molecule has 22 heavy (non-hydrogen) atoms. The first-order valence-electron chi connectivity index (χ1n) is 7.61. The van der Waals surface area contributed by atoms with Crippen LogP contribution in [0.4, 0.5) is 5.69 Å². The normalized spacial score (nSPS) is 18.9. The second-order valence-corrected chi connectivity index (χ2v) is 6.20. The van der Waals surface area contributed by atoms with Gasteiger partial charge in [-0.15, -0.1) is 0 Å². The second-order valence-electron chi connectivity index (χ2n) is 6.20. The zero-order valence-electron chi connectivity index (χ0n) is 12.5. The van der Waals surface area contributed by atoms with Gasteiger partial charge in [-0.1, -0.05) is 5.16 Å². The molecule has 2 aromatic rings. The van der Waals surface area contributed by atoms with Gasteiger partial charge in [-0.25, -0.2) is 0 Å². The molecule has 0 unspecified atom stereocenters. The van der Waals surface area contributed by atoms with Crippen molar-refractivity contribution in [1.29, 1.82) is 0 Å². The molecule has 2 N–H and O–H groups in total. The minimum absolute atomic E-state index is 0.0710. The van der Waals surface area contributed by atoms with Crippen LogP contribution in [0.15, 0.2) is 22.7 Å². The van der Waals surface area contributed by atoms with E-state index in [0.29, 0.717) is 11.7 Å². The van der Waals surface area contributed by atoms with Crippen molar-refractivity contribution >= 4 is 11.6 Å². The summed E-state index contributed by atoms with van der Waals surface area (Å²) in [4.78, 5) is 17.9. The zero-order valence-corrected chi connectivity index (χ0v) is 12.5. The summed E-state index contributed by atoms with van der Waals surface area (Å²) in [5.41, 5.74) is 8.81. The van der Waals surface area contributed by atoms with Gasteiger partial charge in [0.05, 0.1) is 5.54 Å². The number of aromatic nitrogens is 2. The summed E-state index contributed by atoms with van der Waals surface area (Å²) in [6.45, 7) is 2.32. The van der Waals surface area contributed by atoms with Crippen LogP contribution < -0.4 is 10.6 Å². The van der Waals surface area contributed by atoms with E-state index in [1.807, 2.05) is 18.2 Å². The molecule has 1 amide bonds. The highest BCUT2D eigenvalue weighted by atomic mass is 16.5. The highest BCUT2D eigenvalue weighted by Gasteiger charge is 2.39. The van der Waals surface area contributed by atoms with Gasteiger partial charge >= 0.3 is 0 Å². The van der Waals surface area contributed by atoms with E-state index in [1.54, 1.807) is 11.8 Å². The van der Waals surface area contributed by atoms with Crippen LogP contribution in [0.5, 0.6) is 0 Å². The van der Waals surface area contributed by atoms with Gasteiger partial charge in [-0.3, -0.25) is 4.79 Å². The Kier molecular flexibility index (Phi) is 2.84. The van der Waals surface area contributed by atoms with Crippen molar-refractivity contribution in [1.82, 2.24) is 10.1 Å². The number of nitrogens with two attached hydrogens (primary N) is 1. The number of carbonyl (C=O) groups is 1. The number of carbonyl (C=O) groups excluding carboxylic acids is 1. The van der Waals surface area contributed by atoms with E-state index in [2.05, 4.69) is 10.1 Å². The van der Waals surface area contributed by atoms with Crippen LogP contribution in [0.25, 0.3) is 11.5 Å². The maximum atomic E-state index is 11.6. The Morgan fingerprint density at radius 3 is 2.91 bits per heavy atom. The summed E-state index contributed by atoms with van der Waals surface area (Å²) < 4.78 is 5.39.